The van der Waals surface area contributed by atoms with Crippen LogP contribution in [0, 0.1) is 6.92 Å². The summed E-state index contributed by atoms with van der Waals surface area (Å²) in [5.74, 6) is -0.636. The SMILES string of the molecule is Cc1ccc(NC(=O)C2(c3ccccc3C(C)C)CN(C(=O)OC3CC3)C2)c(OC(F)F)n1. The number of aryl methyl sites for hydroxylation is 1. The monoisotopic (exact) mass is 459 g/mol. The molecule has 0 radical (unpaired) electrons. The zero-order valence-electron chi connectivity index (χ0n) is 18.8. The van der Waals surface area contributed by atoms with E-state index in [1.54, 1.807) is 13.0 Å². The molecule has 2 amide bonds. The van der Waals surface area contributed by atoms with E-state index in [4.69, 9.17) is 4.74 Å². The van der Waals surface area contributed by atoms with Crippen LogP contribution in [0.2, 0.25) is 0 Å². The minimum Gasteiger partial charge on any atom is -0.446 e. The molecule has 2 aliphatic rings. The summed E-state index contributed by atoms with van der Waals surface area (Å²) in [6.07, 6.45) is 1.22. The van der Waals surface area contributed by atoms with Gasteiger partial charge in [-0.2, -0.15) is 8.78 Å². The predicted molar refractivity (Wildman–Crippen MR) is 118 cm³/mol. The second kappa shape index (κ2) is 8.96. The van der Waals surface area contributed by atoms with Crippen molar-refractivity contribution in [2.24, 2.45) is 0 Å². The molecule has 0 spiro atoms. The first-order valence-electron chi connectivity index (χ1n) is 11.0. The summed E-state index contributed by atoms with van der Waals surface area (Å²) in [6.45, 7) is 2.86. The normalized spacial score (nSPS) is 17.0. The quantitative estimate of drug-likeness (QED) is 0.654. The number of nitrogens with one attached hydrogen (secondary N) is 1. The number of carbonyl (C=O) groups is 2. The molecular weight excluding hydrogens is 432 g/mol. The number of amides is 2. The molecule has 1 saturated heterocycles. The van der Waals surface area contributed by atoms with Crippen LogP contribution in [-0.2, 0) is 14.9 Å². The summed E-state index contributed by atoms with van der Waals surface area (Å²) in [5.41, 5.74) is 1.24. The number of likely N-dealkylation sites (tertiary alicyclic amines) is 1. The first kappa shape index (κ1) is 22.9. The third-order valence-corrected chi connectivity index (χ3v) is 5.95. The van der Waals surface area contributed by atoms with E-state index < -0.39 is 24.0 Å². The highest BCUT2D eigenvalue weighted by atomic mass is 19.3. The molecule has 1 aliphatic heterocycles. The fourth-order valence-electron chi connectivity index (χ4n) is 4.05. The topological polar surface area (TPSA) is 80.8 Å². The van der Waals surface area contributed by atoms with E-state index in [1.807, 2.05) is 38.1 Å². The minimum absolute atomic E-state index is 0.0445. The maximum atomic E-state index is 13.7. The number of benzene rings is 1. The lowest BCUT2D eigenvalue weighted by Gasteiger charge is -2.49. The van der Waals surface area contributed by atoms with E-state index in [9.17, 15) is 18.4 Å². The van der Waals surface area contributed by atoms with Crippen molar-refractivity contribution in [2.45, 2.75) is 57.7 Å². The van der Waals surface area contributed by atoms with Crippen molar-refractivity contribution in [1.29, 1.82) is 0 Å². The smallest absolute Gasteiger partial charge is 0.410 e. The molecule has 0 atom stereocenters. The molecule has 0 bridgehead atoms. The number of aromatic nitrogens is 1. The van der Waals surface area contributed by atoms with E-state index in [2.05, 4.69) is 15.0 Å². The molecule has 1 aromatic heterocycles. The molecule has 1 aliphatic carbocycles. The number of anilines is 1. The highest BCUT2D eigenvalue weighted by Crippen LogP contribution is 2.41. The number of halogens is 2. The Bertz CT molecular complexity index is 1050. The lowest BCUT2D eigenvalue weighted by atomic mass is 9.70. The average molecular weight is 459 g/mol. The van der Waals surface area contributed by atoms with E-state index in [0.29, 0.717) is 5.69 Å². The number of nitrogens with zero attached hydrogens (tertiary/aromatic N) is 2. The van der Waals surface area contributed by atoms with Gasteiger partial charge in [0.2, 0.25) is 11.8 Å². The molecule has 0 unspecified atom stereocenters. The maximum Gasteiger partial charge on any atom is 0.410 e. The fraction of sp³-hybridized carbons (Fsp3) is 0.458. The van der Waals surface area contributed by atoms with Crippen molar-refractivity contribution in [1.82, 2.24) is 9.88 Å². The largest absolute Gasteiger partial charge is 0.446 e. The third kappa shape index (κ3) is 4.77. The molecule has 1 aromatic carbocycles. The first-order valence-corrected chi connectivity index (χ1v) is 11.0. The molecule has 4 rings (SSSR count). The number of carbonyl (C=O) groups excluding carboxylic acids is 2. The molecule has 2 fully saturated rings. The number of hydrogen-bond donors (Lipinski definition) is 1. The molecule has 2 aromatic rings. The van der Waals surface area contributed by atoms with Crippen molar-refractivity contribution in [2.75, 3.05) is 18.4 Å². The Kier molecular flexibility index (Phi) is 6.23. The van der Waals surface area contributed by atoms with Crippen LogP contribution in [-0.4, -0.2) is 47.7 Å². The summed E-state index contributed by atoms with van der Waals surface area (Å²) in [4.78, 5) is 31.6. The van der Waals surface area contributed by atoms with Crippen LogP contribution in [0.5, 0.6) is 5.88 Å². The van der Waals surface area contributed by atoms with Gasteiger partial charge >= 0.3 is 12.7 Å². The molecule has 176 valence electrons. The van der Waals surface area contributed by atoms with Crippen LogP contribution in [0.3, 0.4) is 0 Å². The van der Waals surface area contributed by atoms with Crippen LogP contribution in [0.15, 0.2) is 36.4 Å². The van der Waals surface area contributed by atoms with Gasteiger partial charge in [0.15, 0.2) is 0 Å². The maximum absolute atomic E-state index is 13.7. The molecule has 33 heavy (non-hydrogen) atoms. The summed E-state index contributed by atoms with van der Waals surface area (Å²) >= 11 is 0. The van der Waals surface area contributed by atoms with E-state index >= 15 is 0 Å². The van der Waals surface area contributed by atoms with E-state index in [0.717, 1.165) is 24.0 Å². The van der Waals surface area contributed by atoms with Gasteiger partial charge in [-0.1, -0.05) is 38.1 Å². The number of pyridine rings is 1. The average Bonchev–Trinajstić information content (AvgIpc) is 3.53. The zero-order valence-corrected chi connectivity index (χ0v) is 18.8. The van der Waals surface area contributed by atoms with Crippen LogP contribution in [0.1, 0.15) is 49.4 Å². The summed E-state index contributed by atoms with van der Waals surface area (Å²) in [6, 6.07) is 10.7. The Labute approximate surface area is 191 Å². The van der Waals surface area contributed by atoms with Gasteiger partial charge < -0.3 is 19.7 Å². The Morgan fingerprint density at radius 1 is 1.15 bits per heavy atom. The Morgan fingerprint density at radius 3 is 2.48 bits per heavy atom. The number of hydrogen-bond acceptors (Lipinski definition) is 5. The minimum atomic E-state index is -3.08. The molecule has 1 N–H and O–H groups in total. The molecule has 7 nitrogen and oxygen atoms in total. The van der Waals surface area contributed by atoms with Crippen LogP contribution in [0.25, 0.3) is 0 Å². The number of ether oxygens (including phenoxy) is 2. The van der Waals surface area contributed by atoms with Gasteiger partial charge in [-0.05, 0) is 48.9 Å². The van der Waals surface area contributed by atoms with E-state index in [-0.39, 0.29) is 36.7 Å². The second-order valence-corrected chi connectivity index (χ2v) is 8.90. The molecular formula is C24H27F2N3O4. The van der Waals surface area contributed by atoms with Gasteiger partial charge in [0.05, 0.1) is 0 Å². The Hall–Kier alpha value is -3.23. The predicted octanol–water partition coefficient (Wildman–Crippen LogP) is 4.61. The number of alkyl halides is 2. The summed E-state index contributed by atoms with van der Waals surface area (Å²) in [5, 5.41) is 2.72. The molecule has 1 saturated carbocycles. The summed E-state index contributed by atoms with van der Waals surface area (Å²) < 4.78 is 35.7. The van der Waals surface area contributed by atoms with Gasteiger partial charge in [0.25, 0.3) is 0 Å². The van der Waals surface area contributed by atoms with Gasteiger partial charge in [-0.3, -0.25) is 4.79 Å². The van der Waals surface area contributed by atoms with Gasteiger partial charge in [-0.25, -0.2) is 9.78 Å². The van der Waals surface area contributed by atoms with E-state index in [1.165, 1.54) is 11.0 Å². The standard InChI is InChI=1S/C24H27F2N3O4/c1-14(2)17-6-4-5-7-18(17)24(12-29(13-24)23(31)32-16-9-10-16)21(30)28-19-11-8-15(3)27-20(19)33-22(25)26/h4-8,11,14,16,22H,9-10,12-13H2,1-3H3,(H,28,30). The van der Waals surface area contributed by atoms with Gasteiger partial charge in [0, 0.05) is 18.8 Å². The highest BCUT2D eigenvalue weighted by Gasteiger charge is 2.54. The highest BCUT2D eigenvalue weighted by molar-refractivity contribution is 6.02. The summed E-state index contributed by atoms with van der Waals surface area (Å²) in [7, 11) is 0. The third-order valence-electron chi connectivity index (χ3n) is 5.95. The number of rotatable bonds is 7. The van der Waals surface area contributed by atoms with Crippen molar-refractivity contribution >= 4 is 17.7 Å². The van der Waals surface area contributed by atoms with Crippen molar-refractivity contribution in [3.8, 4) is 5.88 Å². The van der Waals surface area contributed by atoms with Crippen LogP contribution >= 0.6 is 0 Å². The lowest BCUT2D eigenvalue weighted by Crippen LogP contribution is -2.66. The van der Waals surface area contributed by atoms with Gasteiger partial charge in [-0.15, -0.1) is 0 Å². The van der Waals surface area contributed by atoms with Crippen LogP contribution < -0.4 is 10.1 Å². The van der Waals surface area contributed by atoms with Crippen molar-refractivity contribution in [3.05, 3.63) is 53.2 Å². The zero-order chi connectivity index (χ0) is 23.8. The lowest BCUT2D eigenvalue weighted by molar-refractivity contribution is -0.127. The Balaban J connectivity index is 1.65. The first-order chi connectivity index (χ1) is 15.7. The van der Waals surface area contributed by atoms with Gasteiger partial charge in [0.1, 0.15) is 17.2 Å². The fourth-order valence-corrected chi connectivity index (χ4v) is 4.05. The molecule has 2 heterocycles. The van der Waals surface area contributed by atoms with Crippen molar-refractivity contribution in [3.63, 3.8) is 0 Å². The Morgan fingerprint density at radius 2 is 1.85 bits per heavy atom. The molecule has 9 heteroatoms. The van der Waals surface area contributed by atoms with Crippen LogP contribution in [0.4, 0.5) is 19.3 Å². The second-order valence-electron chi connectivity index (χ2n) is 8.90. The van der Waals surface area contributed by atoms with Crippen molar-refractivity contribution < 1.29 is 27.8 Å².